The van der Waals surface area contributed by atoms with Crippen molar-refractivity contribution in [2.45, 2.75) is 17.1 Å². The molecular formula is C11H13BrN2O2S2. The van der Waals surface area contributed by atoms with Gasteiger partial charge in [0.2, 0.25) is 10.0 Å². The predicted octanol–water partition coefficient (Wildman–Crippen LogP) is 2.37. The smallest absolute Gasteiger partial charge is 0.213 e. The lowest BCUT2D eigenvalue weighted by Gasteiger charge is -2.11. The van der Waals surface area contributed by atoms with Crippen LogP contribution in [-0.2, 0) is 10.0 Å². The van der Waals surface area contributed by atoms with Crippen LogP contribution in [-0.4, -0.2) is 26.0 Å². The van der Waals surface area contributed by atoms with Crippen LogP contribution >= 0.6 is 27.7 Å². The highest BCUT2D eigenvalue weighted by Gasteiger charge is 2.12. The molecule has 0 saturated heterocycles. The van der Waals surface area contributed by atoms with Gasteiger partial charge in [-0.05, 0) is 24.3 Å². The van der Waals surface area contributed by atoms with Gasteiger partial charge in [0, 0.05) is 21.2 Å². The second kappa shape index (κ2) is 7.14. The van der Waals surface area contributed by atoms with Crippen LogP contribution in [0.25, 0.3) is 0 Å². The van der Waals surface area contributed by atoms with Crippen LogP contribution in [0.2, 0.25) is 0 Å². The molecule has 0 spiro atoms. The van der Waals surface area contributed by atoms with Crippen LogP contribution in [0.3, 0.4) is 0 Å². The normalized spacial score (nSPS) is 12.9. The minimum atomic E-state index is -3.46. The first-order valence-electron chi connectivity index (χ1n) is 5.19. The molecule has 0 fully saturated rings. The van der Waals surface area contributed by atoms with Gasteiger partial charge in [-0.15, -0.1) is 11.8 Å². The molecule has 0 amide bonds. The highest BCUT2D eigenvalue weighted by molar-refractivity contribution is 9.10. The molecule has 0 radical (unpaired) electrons. The average Bonchev–Trinajstić information content (AvgIpc) is 2.30. The van der Waals surface area contributed by atoms with Gasteiger partial charge in [0.1, 0.15) is 0 Å². The number of nitrogens with zero attached hydrogens (tertiary/aromatic N) is 1. The van der Waals surface area contributed by atoms with Gasteiger partial charge in [-0.25, -0.2) is 13.1 Å². The number of halogens is 1. The molecule has 0 aliphatic carbocycles. The van der Waals surface area contributed by atoms with Gasteiger partial charge in [-0.1, -0.05) is 22.9 Å². The molecule has 18 heavy (non-hydrogen) atoms. The first kappa shape index (κ1) is 15.5. The largest absolute Gasteiger partial charge is 0.225 e. The fraction of sp³-hybridized carbons (Fsp3) is 0.364. The molecule has 0 unspecified atom stereocenters. The maximum absolute atomic E-state index is 11.3. The van der Waals surface area contributed by atoms with E-state index in [1.807, 2.05) is 31.2 Å². The molecule has 0 heterocycles. The maximum atomic E-state index is 11.3. The maximum Gasteiger partial charge on any atom is 0.225 e. The van der Waals surface area contributed by atoms with Crippen molar-refractivity contribution >= 4 is 37.7 Å². The van der Waals surface area contributed by atoms with Crippen molar-refractivity contribution in [3.8, 4) is 6.07 Å². The summed E-state index contributed by atoms with van der Waals surface area (Å²) in [6, 6.07) is 9.44. The van der Waals surface area contributed by atoms with Gasteiger partial charge in [-0.3, -0.25) is 0 Å². The summed E-state index contributed by atoms with van der Waals surface area (Å²) in [5.74, 6) is -0.497. The Hall–Kier alpha value is -0.550. The summed E-state index contributed by atoms with van der Waals surface area (Å²) in [7, 11) is -3.46. The van der Waals surface area contributed by atoms with Crippen LogP contribution < -0.4 is 4.72 Å². The Morgan fingerprint density at radius 2 is 2.06 bits per heavy atom. The fourth-order valence-electron chi connectivity index (χ4n) is 1.17. The van der Waals surface area contributed by atoms with E-state index in [1.165, 1.54) is 0 Å². The van der Waals surface area contributed by atoms with Gasteiger partial charge in [-0.2, -0.15) is 5.26 Å². The molecule has 0 aliphatic rings. The Morgan fingerprint density at radius 1 is 1.44 bits per heavy atom. The summed E-state index contributed by atoms with van der Waals surface area (Å²) in [6.07, 6.45) is 0. The Bertz CT molecular complexity index is 523. The number of nitrogens with one attached hydrogen (secondary N) is 1. The summed E-state index contributed by atoms with van der Waals surface area (Å²) < 4.78 is 26.0. The monoisotopic (exact) mass is 348 g/mol. The van der Waals surface area contributed by atoms with Gasteiger partial charge < -0.3 is 0 Å². The lowest BCUT2D eigenvalue weighted by molar-refractivity contribution is 0.585. The molecule has 0 saturated carbocycles. The predicted molar refractivity (Wildman–Crippen MR) is 76.9 cm³/mol. The Balaban J connectivity index is 2.45. The Kier molecular flexibility index (Phi) is 6.15. The number of rotatable bonds is 6. The highest BCUT2D eigenvalue weighted by Crippen LogP contribution is 2.24. The quantitative estimate of drug-likeness (QED) is 0.801. The van der Waals surface area contributed by atoms with E-state index in [4.69, 9.17) is 5.26 Å². The summed E-state index contributed by atoms with van der Waals surface area (Å²) in [4.78, 5) is 1.07. The van der Waals surface area contributed by atoms with Crippen LogP contribution in [0.15, 0.2) is 33.6 Å². The fourth-order valence-corrected chi connectivity index (χ4v) is 3.24. The number of hydrogen-bond acceptors (Lipinski definition) is 4. The molecule has 98 valence electrons. The number of hydrogen-bond donors (Lipinski definition) is 1. The van der Waals surface area contributed by atoms with Crippen molar-refractivity contribution in [2.24, 2.45) is 0 Å². The molecule has 7 heteroatoms. The van der Waals surface area contributed by atoms with Crippen molar-refractivity contribution < 1.29 is 8.42 Å². The third-order valence-corrected chi connectivity index (χ3v) is 4.75. The molecular weight excluding hydrogens is 336 g/mol. The molecule has 0 bridgehead atoms. The van der Waals surface area contributed by atoms with Gasteiger partial charge in [0.25, 0.3) is 0 Å². The lowest BCUT2D eigenvalue weighted by Crippen LogP contribution is -2.31. The van der Waals surface area contributed by atoms with Crippen molar-refractivity contribution in [3.63, 3.8) is 0 Å². The molecule has 1 N–H and O–H groups in total. The van der Waals surface area contributed by atoms with Crippen molar-refractivity contribution in [3.05, 3.63) is 28.7 Å². The van der Waals surface area contributed by atoms with E-state index in [2.05, 4.69) is 20.7 Å². The third-order valence-electron chi connectivity index (χ3n) is 2.00. The van der Waals surface area contributed by atoms with Gasteiger partial charge >= 0.3 is 0 Å². The first-order chi connectivity index (χ1) is 8.43. The number of nitriles is 1. The van der Waals surface area contributed by atoms with Crippen molar-refractivity contribution in [2.75, 3.05) is 12.3 Å². The van der Waals surface area contributed by atoms with E-state index in [-0.39, 0.29) is 5.25 Å². The Labute approximate surface area is 120 Å². The summed E-state index contributed by atoms with van der Waals surface area (Å²) in [5.41, 5.74) is 0. The highest BCUT2D eigenvalue weighted by atomic mass is 79.9. The van der Waals surface area contributed by atoms with E-state index in [0.29, 0.717) is 6.54 Å². The zero-order chi connectivity index (χ0) is 13.6. The second-order valence-corrected chi connectivity index (χ2v) is 7.88. The molecule has 1 atom stereocenters. The number of sulfonamides is 1. The third kappa shape index (κ3) is 5.87. The van der Waals surface area contributed by atoms with Gasteiger partial charge in [0.05, 0.1) is 6.07 Å². The standard InChI is InChI=1S/C11H13BrN2O2S2/c1-9(8-14-18(15,16)7-6-13)17-11-4-2-10(12)3-5-11/h2-5,9,14H,7-8H2,1H3/t9-/m1/s1. The summed E-state index contributed by atoms with van der Waals surface area (Å²) in [6.45, 7) is 2.24. The average molecular weight is 349 g/mol. The van der Waals surface area contributed by atoms with E-state index >= 15 is 0 Å². The Morgan fingerprint density at radius 3 is 2.61 bits per heavy atom. The second-order valence-electron chi connectivity index (χ2n) is 3.65. The van der Waals surface area contributed by atoms with Crippen LogP contribution in [0.5, 0.6) is 0 Å². The molecule has 1 aromatic carbocycles. The lowest BCUT2D eigenvalue weighted by atomic mass is 10.4. The zero-order valence-electron chi connectivity index (χ0n) is 9.76. The van der Waals surface area contributed by atoms with E-state index in [1.54, 1.807) is 17.8 Å². The topological polar surface area (TPSA) is 70.0 Å². The SMILES string of the molecule is C[C@H](CNS(=O)(=O)CC#N)Sc1ccc(Br)cc1. The van der Waals surface area contributed by atoms with Crippen LogP contribution in [0, 0.1) is 11.3 Å². The first-order valence-corrected chi connectivity index (χ1v) is 8.52. The zero-order valence-corrected chi connectivity index (χ0v) is 13.0. The van der Waals surface area contributed by atoms with E-state index in [9.17, 15) is 8.42 Å². The van der Waals surface area contributed by atoms with Crippen LogP contribution in [0.4, 0.5) is 0 Å². The van der Waals surface area contributed by atoms with E-state index < -0.39 is 15.8 Å². The van der Waals surface area contributed by atoms with Gasteiger partial charge in [0.15, 0.2) is 5.75 Å². The molecule has 4 nitrogen and oxygen atoms in total. The molecule has 0 aliphatic heterocycles. The number of thioether (sulfide) groups is 1. The van der Waals surface area contributed by atoms with E-state index in [0.717, 1.165) is 9.37 Å². The molecule has 0 aromatic heterocycles. The molecule has 1 aromatic rings. The minimum absolute atomic E-state index is 0.0969. The summed E-state index contributed by atoms with van der Waals surface area (Å²) >= 11 is 4.93. The van der Waals surface area contributed by atoms with Crippen LogP contribution in [0.1, 0.15) is 6.92 Å². The number of benzene rings is 1. The minimum Gasteiger partial charge on any atom is -0.213 e. The van der Waals surface area contributed by atoms with Crippen molar-refractivity contribution in [1.82, 2.24) is 4.72 Å². The van der Waals surface area contributed by atoms with Crippen molar-refractivity contribution in [1.29, 1.82) is 5.26 Å². The molecule has 1 rings (SSSR count). The summed E-state index contributed by atoms with van der Waals surface area (Å²) in [5, 5.41) is 8.45.